The largest absolute Gasteiger partial charge is 0.493 e. The summed E-state index contributed by atoms with van der Waals surface area (Å²) in [5.74, 6) is 1.70. The SMILES string of the molecule is COc1cc2ncnc(N3C(=O)CNC3Cc3ccccc3)c2cc1OC. The molecule has 3 aromatic rings. The summed E-state index contributed by atoms with van der Waals surface area (Å²) >= 11 is 0. The number of aromatic nitrogens is 2. The molecule has 2 aromatic carbocycles. The molecule has 0 aliphatic carbocycles. The molecule has 4 rings (SSSR count). The van der Waals surface area contributed by atoms with Gasteiger partial charge in [0.05, 0.1) is 32.4 Å². The van der Waals surface area contributed by atoms with E-state index in [0.29, 0.717) is 29.3 Å². The van der Waals surface area contributed by atoms with Crippen LogP contribution < -0.4 is 19.7 Å². The van der Waals surface area contributed by atoms with Crippen molar-refractivity contribution < 1.29 is 14.3 Å². The number of carbonyl (C=O) groups is 1. The molecule has 1 amide bonds. The summed E-state index contributed by atoms with van der Waals surface area (Å²) in [5.41, 5.74) is 1.84. The lowest BCUT2D eigenvalue weighted by atomic mass is 10.1. The van der Waals surface area contributed by atoms with Gasteiger partial charge in [0.25, 0.3) is 0 Å². The summed E-state index contributed by atoms with van der Waals surface area (Å²) in [7, 11) is 3.16. The molecule has 1 saturated heterocycles. The highest BCUT2D eigenvalue weighted by Crippen LogP contribution is 2.35. The second-order valence-electron chi connectivity index (χ2n) is 6.27. The molecule has 1 fully saturated rings. The van der Waals surface area contributed by atoms with E-state index in [9.17, 15) is 4.79 Å². The Kier molecular flexibility index (Phi) is 4.60. The lowest BCUT2D eigenvalue weighted by molar-refractivity contribution is -0.116. The molecule has 7 heteroatoms. The molecular formula is C20H20N4O3. The molecule has 1 unspecified atom stereocenters. The van der Waals surface area contributed by atoms with Crippen LogP contribution in [0.25, 0.3) is 10.9 Å². The van der Waals surface area contributed by atoms with Gasteiger partial charge in [0.1, 0.15) is 12.1 Å². The Morgan fingerprint density at radius 1 is 1.11 bits per heavy atom. The van der Waals surface area contributed by atoms with E-state index in [4.69, 9.17) is 9.47 Å². The van der Waals surface area contributed by atoms with Gasteiger partial charge in [-0.25, -0.2) is 9.97 Å². The molecule has 0 saturated carbocycles. The van der Waals surface area contributed by atoms with Crippen LogP contribution >= 0.6 is 0 Å². The van der Waals surface area contributed by atoms with Crippen LogP contribution in [0.2, 0.25) is 0 Å². The third kappa shape index (κ3) is 3.17. The number of carbonyl (C=O) groups excluding carboxylic acids is 1. The first-order valence-corrected chi connectivity index (χ1v) is 8.67. The summed E-state index contributed by atoms with van der Waals surface area (Å²) in [6, 6.07) is 13.7. The van der Waals surface area contributed by atoms with E-state index < -0.39 is 0 Å². The van der Waals surface area contributed by atoms with Crippen molar-refractivity contribution in [3.05, 3.63) is 54.4 Å². The summed E-state index contributed by atoms with van der Waals surface area (Å²) in [6.45, 7) is 0.274. The van der Waals surface area contributed by atoms with Gasteiger partial charge < -0.3 is 9.47 Å². The van der Waals surface area contributed by atoms with E-state index in [1.54, 1.807) is 25.2 Å². The van der Waals surface area contributed by atoms with Crippen LogP contribution in [-0.4, -0.2) is 42.8 Å². The first-order chi connectivity index (χ1) is 13.2. The van der Waals surface area contributed by atoms with Gasteiger partial charge in [0, 0.05) is 17.9 Å². The smallest absolute Gasteiger partial charge is 0.243 e. The quantitative estimate of drug-likeness (QED) is 0.748. The Morgan fingerprint density at radius 2 is 1.85 bits per heavy atom. The van der Waals surface area contributed by atoms with Crippen LogP contribution in [0.1, 0.15) is 5.56 Å². The standard InChI is InChI=1S/C20H20N4O3/c1-26-16-9-14-15(10-17(16)27-2)22-12-23-20(14)24-18(21-11-19(24)25)8-13-6-4-3-5-7-13/h3-7,9-10,12,18,21H,8,11H2,1-2H3. The highest BCUT2D eigenvalue weighted by molar-refractivity contribution is 6.04. The van der Waals surface area contributed by atoms with Crippen LogP contribution in [0.4, 0.5) is 5.82 Å². The van der Waals surface area contributed by atoms with Crippen LogP contribution in [0, 0.1) is 0 Å². The maximum absolute atomic E-state index is 12.6. The van der Waals surface area contributed by atoms with Crippen molar-refractivity contribution in [2.24, 2.45) is 0 Å². The molecule has 2 heterocycles. The lowest BCUT2D eigenvalue weighted by Gasteiger charge is -2.24. The third-order valence-electron chi connectivity index (χ3n) is 4.69. The number of benzene rings is 2. The zero-order valence-corrected chi connectivity index (χ0v) is 15.2. The Morgan fingerprint density at radius 3 is 2.59 bits per heavy atom. The Labute approximate surface area is 156 Å². The molecule has 0 bridgehead atoms. The second kappa shape index (κ2) is 7.20. The Hall–Kier alpha value is -3.19. The van der Waals surface area contributed by atoms with Gasteiger partial charge in [-0.2, -0.15) is 0 Å². The molecule has 1 atom stereocenters. The molecule has 1 N–H and O–H groups in total. The number of rotatable bonds is 5. The number of fused-ring (bicyclic) bond motifs is 1. The van der Waals surface area contributed by atoms with Crippen LogP contribution in [0.3, 0.4) is 0 Å². The van der Waals surface area contributed by atoms with Crippen LogP contribution in [0.15, 0.2) is 48.8 Å². The fraction of sp³-hybridized carbons (Fsp3) is 0.250. The van der Waals surface area contributed by atoms with Crippen molar-refractivity contribution in [1.29, 1.82) is 0 Å². The molecule has 1 aliphatic heterocycles. The van der Waals surface area contributed by atoms with Gasteiger partial charge in [-0.15, -0.1) is 0 Å². The van der Waals surface area contributed by atoms with Gasteiger partial charge in [-0.1, -0.05) is 30.3 Å². The topological polar surface area (TPSA) is 76.6 Å². The van der Waals surface area contributed by atoms with Crippen LogP contribution in [-0.2, 0) is 11.2 Å². The lowest BCUT2D eigenvalue weighted by Crippen LogP contribution is -2.39. The Bertz CT molecular complexity index is 978. The third-order valence-corrected chi connectivity index (χ3v) is 4.69. The predicted molar refractivity (Wildman–Crippen MR) is 102 cm³/mol. The predicted octanol–water partition coefficient (Wildman–Crippen LogP) is 2.15. The summed E-state index contributed by atoms with van der Waals surface area (Å²) in [4.78, 5) is 23.1. The molecule has 0 spiro atoms. The van der Waals surface area contributed by atoms with E-state index in [2.05, 4.69) is 27.4 Å². The van der Waals surface area contributed by atoms with Crippen molar-refractivity contribution >= 4 is 22.6 Å². The van der Waals surface area contributed by atoms with E-state index in [-0.39, 0.29) is 18.6 Å². The molecule has 0 radical (unpaired) electrons. The van der Waals surface area contributed by atoms with E-state index in [0.717, 1.165) is 10.9 Å². The maximum atomic E-state index is 12.6. The van der Waals surface area contributed by atoms with Crippen molar-refractivity contribution in [3.63, 3.8) is 0 Å². The minimum Gasteiger partial charge on any atom is -0.493 e. The van der Waals surface area contributed by atoms with E-state index >= 15 is 0 Å². The highest BCUT2D eigenvalue weighted by Gasteiger charge is 2.34. The molecule has 1 aromatic heterocycles. The number of hydrogen-bond acceptors (Lipinski definition) is 6. The van der Waals surface area contributed by atoms with Crippen LogP contribution in [0.5, 0.6) is 11.5 Å². The summed E-state index contributed by atoms with van der Waals surface area (Å²) < 4.78 is 10.8. The zero-order chi connectivity index (χ0) is 18.8. The molecule has 1 aliphatic rings. The fourth-order valence-corrected chi connectivity index (χ4v) is 3.38. The van der Waals surface area contributed by atoms with Gasteiger partial charge in [0.2, 0.25) is 5.91 Å². The summed E-state index contributed by atoms with van der Waals surface area (Å²) in [5, 5.41) is 4.02. The van der Waals surface area contributed by atoms with Gasteiger partial charge >= 0.3 is 0 Å². The second-order valence-corrected chi connectivity index (χ2v) is 6.27. The summed E-state index contributed by atoms with van der Waals surface area (Å²) in [6.07, 6.45) is 1.98. The zero-order valence-electron chi connectivity index (χ0n) is 15.2. The molecule has 7 nitrogen and oxygen atoms in total. The van der Waals surface area contributed by atoms with E-state index in [1.807, 2.05) is 24.3 Å². The number of ether oxygens (including phenoxy) is 2. The average molecular weight is 364 g/mol. The number of anilines is 1. The normalized spacial score (nSPS) is 16.7. The maximum Gasteiger partial charge on any atom is 0.243 e. The number of methoxy groups -OCH3 is 2. The fourth-order valence-electron chi connectivity index (χ4n) is 3.38. The minimum absolute atomic E-state index is 0.0225. The van der Waals surface area contributed by atoms with Crippen molar-refractivity contribution in [1.82, 2.24) is 15.3 Å². The van der Waals surface area contributed by atoms with Gasteiger partial charge in [-0.05, 0) is 11.6 Å². The molecular weight excluding hydrogens is 344 g/mol. The van der Waals surface area contributed by atoms with Crippen molar-refractivity contribution in [3.8, 4) is 11.5 Å². The number of nitrogens with one attached hydrogen (secondary N) is 1. The van der Waals surface area contributed by atoms with Gasteiger partial charge in [0.15, 0.2) is 11.5 Å². The van der Waals surface area contributed by atoms with Crippen molar-refractivity contribution in [2.45, 2.75) is 12.6 Å². The number of amides is 1. The first kappa shape index (κ1) is 17.2. The Balaban J connectivity index is 1.78. The number of nitrogens with zero attached hydrogens (tertiary/aromatic N) is 3. The van der Waals surface area contributed by atoms with E-state index in [1.165, 1.54) is 6.33 Å². The molecule has 138 valence electrons. The molecule has 27 heavy (non-hydrogen) atoms. The minimum atomic E-state index is -0.175. The highest BCUT2D eigenvalue weighted by atomic mass is 16.5. The van der Waals surface area contributed by atoms with Gasteiger partial charge in [-0.3, -0.25) is 15.0 Å². The average Bonchev–Trinajstić information content (AvgIpc) is 3.07. The monoisotopic (exact) mass is 364 g/mol. The first-order valence-electron chi connectivity index (χ1n) is 8.67. The number of hydrogen-bond donors (Lipinski definition) is 1. The van der Waals surface area contributed by atoms with Crippen molar-refractivity contribution in [2.75, 3.05) is 25.7 Å².